The first kappa shape index (κ1) is 76.6. The van der Waals surface area contributed by atoms with Crippen LogP contribution in [-0.4, -0.2) is 37.2 Å². The van der Waals surface area contributed by atoms with Crippen LogP contribution in [0, 0.1) is 0 Å². The molecule has 6 heteroatoms. The monoisotopic (exact) mass is 1110 g/mol. The molecule has 0 bridgehead atoms. The fourth-order valence-corrected chi connectivity index (χ4v) is 10.0. The van der Waals surface area contributed by atoms with Crippen molar-refractivity contribution in [1.29, 1.82) is 0 Å². The quantitative estimate of drug-likeness (QED) is 0.0261. The number of hydrogen-bond donors (Lipinski definition) is 0. The van der Waals surface area contributed by atoms with Crippen molar-refractivity contribution in [3.8, 4) is 0 Å². The molecule has 1 unspecified atom stereocenters. The van der Waals surface area contributed by atoms with E-state index in [2.05, 4.69) is 106 Å². The summed E-state index contributed by atoms with van der Waals surface area (Å²) < 4.78 is 16.9. The summed E-state index contributed by atoms with van der Waals surface area (Å²) in [5, 5.41) is 0. The van der Waals surface area contributed by atoms with Gasteiger partial charge in [-0.15, -0.1) is 0 Å². The van der Waals surface area contributed by atoms with E-state index in [0.29, 0.717) is 19.3 Å². The van der Waals surface area contributed by atoms with E-state index in [1.807, 2.05) is 0 Å². The van der Waals surface area contributed by atoms with Crippen LogP contribution in [-0.2, 0) is 28.6 Å². The molecule has 0 heterocycles. The summed E-state index contributed by atoms with van der Waals surface area (Å²) in [6.07, 6.45) is 90.6. The van der Waals surface area contributed by atoms with Crippen LogP contribution in [0.4, 0.5) is 0 Å². The van der Waals surface area contributed by atoms with Crippen molar-refractivity contribution in [2.75, 3.05) is 13.2 Å². The van der Waals surface area contributed by atoms with E-state index in [1.165, 1.54) is 199 Å². The van der Waals surface area contributed by atoms with Crippen LogP contribution in [0.1, 0.15) is 348 Å². The SMILES string of the molecule is CC/C=C\C/C=C\C/C=C\C/C=C\C/C=C\C/C=C\C/C=C\CCCCCCCCCC(=O)OCC(COC(=O)CCCCCCCCCC)OC(=O)CCCCCCCCCCCCCCCCCCCCCCCCCCC. The smallest absolute Gasteiger partial charge is 0.306 e. The van der Waals surface area contributed by atoms with Crippen LogP contribution in [0.3, 0.4) is 0 Å². The standard InChI is InChI=1S/C74H130O6/c1-4-7-10-13-16-19-21-23-25-27-29-31-33-35-36-37-38-40-41-43-45-47-49-51-53-55-58-61-64-67-73(76)79-70-71(69-78-72(75)66-63-60-57-18-15-12-9-6-3)80-74(77)68-65-62-59-56-54-52-50-48-46-44-42-39-34-32-30-28-26-24-22-20-17-14-11-8-5-2/h7,10,16,19,23,25,29,31,35-36,38,40,43,45,71H,4-6,8-9,11-15,17-18,20-22,24,26-28,30,32-34,37,39,41-42,44,46-70H2,1-3H3/b10-7-,19-16-,25-23-,31-29-,36-35-,40-38-,45-43-. The lowest BCUT2D eigenvalue weighted by Crippen LogP contribution is -2.30. The van der Waals surface area contributed by atoms with Gasteiger partial charge in [-0.2, -0.15) is 0 Å². The fourth-order valence-electron chi connectivity index (χ4n) is 10.0. The Morgan fingerprint density at radius 1 is 0.263 bits per heavy atom. The Morgan fingerprint density at radius 3 is 0.762 bits per heavy atom. The van der Waals surface area contributed by atoms with E-state index < -0.39 is 6.10 Å². The van der Waals surface area contributed by atoms with Gasteiger partial charge in [0.25, 0.3) is 0 Å². The van der Waals surface area contributed by atoms with Crippen molar-refractivity contribution in [3.05, 3.63) is 85.1 Å². The normalized spacial score (nSPS) is 12.6. The molecule has 462 valence electrons. The predicted octanol–water partition coefficient (Wildman–Crippen LogP) is 23.8. The number of carbonyl (C=O) groups excluding carboxylic acids is 3. The lowest BCUT2D eigenvalue weighted by atomic mass is 10.0. The molecule has 0 rings (SSSR count). The van der Waals surface area contributed by atoms with Crippen LogP contribution < -0.4 is 0 Å². The third kappa shape index (κ3) is 65.4. The molecule has 0 saturated heterocycles. The first-order valence-corrected chi connectivity index (χ1v) is 34.6. The van der Waals surface area contributed by atoms with Gasteiger partial charge >= 0.3 is 17.9 Å². The maximum Gasteiger partial charge on any atom is 0.306 e. The Bertz CT molecular complexity index is 1520. The third-order valence-corrected chi connectivity index (χ3v) is 15.2. The van der Waals surface area contributed by atoms with Gasteiger partial charge in [0.15, 0.2) is 6.10 Å². The highest BCUT2D eigenvalue weighted by Gasteiger charge is 2.19. The van der Waals surface area contributed by atoms with E-state index in [0.717, 1.165) is 109 Å². The summed E-state index contributed by atoms with van der Waals surface area (Å²) in [6.45, 7) is 6.53. The van der Waals surface area contributed by atoms with Gasteiger partial charge in [-0.05, 0) is 77.0 Å². The van der Waals surface area contributed by atoms with E-state index in [1.54, 1.807) is 0 Å². The lowest BCUT2D eigenvalue weighted by Gasteiger charge is -2.18. The number of allylic oxidation sites excluding steroid dienone is 14. The molecular weight excluding hydrogens is 985 g/mol. The van der Waals surface area contributed by atoms with E-state index in [9.17, 15) is 14.4 Å². The molecule has 80 heavy (non-hydrogen) atoms. The number of ether oxygens (including phenoxy) is 3. The maximum atomic E-state index is 12.9. The van der Waals surface area contributed by atoms with Gasteiger partial charge in [-0.25, -0.2) is 0 Å². The fraction of sp³-hybridized carbons (Fsp3) is 0.770. The highest BCUT2D eigenvalue weighted by molar-refractivity contribution is 5.71. The van der Waals surface area contributed by atoms with Crippen molar-refractivity contribution in [3.63, 3.8) is 0 Å². The second kappa shape index (κ2) is 68.1. The molecule has 0 radical (unpaired) electrons. The van der Waals surface area contributed by atoms with Gasteiger partial charge in [-0.3, -0.25) is 14.4 Å². The van der Waals surface area contributed by atoms with Gasteiger partial charge in [0.05, 0.1) is 0 Å². The minimum Gasteiger partial charge on any atom is -0.462 e. The van der Waals surface area contributed by atoms with Gasteiger partial charge in [-0.1, -0.05) is 337 Å². The molecule has 0 aromatic heterocycles. The number of rotatable bonds is 63. The molecule has 0 aliphatic carbocycles. The molecule has 0 aliphatic heterocycles. The van der Waals surface area contributed by atoms with Gasteiger partial charge in [0, 0.05) is 19.3 Å². The minimum atomic E-state index is -0.778. The van der Waals surface area contributed by atoms with Crippen LogP contribution in [0.15, 0.2) is 85.1 Å². The molecule has 0 N–H and O–H groups in total. The Balaban J connectivity index is 4.15. The summed E-state index contributed by atoms with van der Waals surface area (Å²) in [5.41, 5.74) is 0. The molecule has 0 spiro atoms. The van der Waals surface area contributed by atoms with Gasteiger partial charge in [0.2, 0.25) is 0 Å². The van der Waals surface area contributed by atoms with Crippen LogP contribution in [0.5, 0.6) is 0 Å². The Hall–Kier alpha value is -3.41. The number of esters is 3. The zero-order chi connectivity index (χ0) is 57.8. The molecule has 0 saturated carbocycles. The van der Waals surface area contributed by atoms with Crippen LogP contribution >= 0.6 is 0 Å². The molecule has 0 aromatic rings. The Morgan fingerprint density at radius 2 is 0.487 bits per heavy atom. The first-order chi connectivity index (χ1) is 39.5. The zero-order valence-corrected chi connectivity index (χ0v) is 53.1. The molecule has 0 amide bonds. The first-order valence-electron chi connectivity index (χ1n) is 34.6. The van der Waals surface area contributed by atoms with Gasteiger partial charge in [0.1, 0.15) is 13.2 Å². The largest absolute Gasteiger partial charge is 0.462 e. The van der Waals surface area contributed by atoms with Crippen molar-refractivity contribution in [1.82, 2.24) is 0 Å². The highest BCUT2D eigenvalue weighted by Crippen LogP contribution is 2.18. The summed E-state index contributed by atoms with van der Waals surface area (Å²) >= 11 is 0. The summed E-state index contributed by atoms with van der Waals surface area (Å²) in [5.74, 6) is -0.875. The predicted molar refractivity (Wildman–Crippen MR) is 348 cm³/mol. The molecular formula is C74H130O6. The zero-order valence-electron chi connectivity index (χ0n) is 53.1. The number of unbranched alkanes of at least 4 members (excludes halogenated alkanes) is 38. The topological polar surface area (TPSA) is 78.9 Å². The van der Waals surface area contributed by atoms with E-state index in [-0.39, 0.29) is 31.1 Å². The van der Waals surface area contributed by atoms with E-state index in [4.69, 9.17) is 14.2 Å². The van der Waals surface area contributed by atoms with Crippen molar-refractivity contribution in [2.24, 2.45) is 0 Å². The second-order valence-corrected chi connectivity index (χ2v) is 23.1. The van der Waals surface area contributed by atoms with Crippen molar-refractivity contribution >= 4 is 17.9 Å². The molecule has 0 fully saturated rings. The van der Waals surface area contributed by atoms with Crippen LogP contribution in [0.2, 0.25) is 0 Å². The Labute approximate surface area is 496 Å². The minimum absolute atomic E-state index is 0.0758. The average Bonchev–Trinajstić information content (AvgIpc) is 3.46. The van der Waals surface area contributed by atoms with Crippen molar-refractivity contribution < 1.29 is 28.6 Å². The maximum absolute atomic E-state index is 12.9. The second-order valence-electron chi connectivity index (χ2n) is 23.1. The average molecular weight is 1120 g/mol. The number of hydrogen-bond acceptors (Lipinski definition) is 6. The lowest BCUT2D eigenvalue weighted by molar-refractivity contribution is -0.167. The van der Waals surface area contributed by atoms with Gasteiger partial charge < -0.3 is 14.2 Å². The molecule has 0 aromatic carbocycles. The molecule has 1 atom stereocenters. The Kier molecular flexibility index (Phi) is 65.2. The van der Waals surface area contributed by atoms with E-state index >= 15 is 0 Å². The van der Waals surface area contributed by atoms with Crippen LogP contribution in [0.25, 0.3) is 0 Å². The summed E-state index contributed by atoms with van der Waals surface area (Å²) in [6, 6.07) is 0. The molecule has 0 aliphatic rings. The molecule has 6 nitrogen and oxygen atoms in total. The number of carbonyl (C=O) groups is 3. The summed E-state index contributed by atoms with van der Waals surface area (Å²) in [7, 11) is 0. The third-order valence-electron chi connectivity index (χ3n) is 15.2. The summed E-state index contributed by atoms with van der Waals surface area (Å²) in [4.78, 5) is 38.2. The van der Waals surface area contributed by atoms with Crippen molar-refractivity contribution in [2.45, 2.75) is 354 Å². The highest BCUT2D eigenvalue weighted by atomic mass is 16.6.